The van der Waals surface area contributed by atoms with E-state index in [4.69, 9.17) is 10.5 Å². The zero-order valence-corrected chi connectivity index (χ0v) is 15.1. The average Bonchev–Trinajstić information content (AvgIpc) is 2.58. The number of rotatable bonds is 4. The molecule has 8 heteroatoms. The molecule has 27 heavy (non-hydrogen) atoms. The molecule has 1 heterocycles. The molecule has 2 aromatic carbocycles. The van der Waals surface area contributed by atoms with Crippen molar-refractivity contribution in [2.45, 2.75) is 26.6 Å². The topological polar surface area (TPSA) is 73.1 Å². The van der Waals surface area contributed by atoms with Crippen LogP contribution in [0.4, 0.5) is 24.7 Å². The number of nitrogen functional groups attached to an aromatic ring is 1. The lowest BCUT2D eigenvalue weighted by Crippen LogP contribution is -2.09. The van der Waals surface area contributed by atoms with Gasteiger partial charge in [-0.25, -0.2) is 9.97 Å². The number of benzene rings is 2. The number of aromatic nitrogens is 2. The first-order valence-corrected chi connectivity index (χ1v) is 8.21. The smallest absolute Gasteiger partial charge is 0.416 e. The minimum atomic E-state index is -4.45. The summed E-state index contributed by atoms with van der Waals surface area (Å²) in [5.74, 6) is 1.79. The highest BCUT2D eigenvalue weighted by atomic mass is 19.4. The van der Waals surface area contributed by atoms with Crippen LogP contribution in [0.1, 0.15) is 22.5 Å². The Morgan fingerprint density at radius 3 is 2.48 bits per heavy atom. The van der Waals surface area contributed by atoms with E-state index >= 15 is 0 Å². The summed E-state index contributed by atoms with van der Waals surface area (Å²) in [6, 6.07) is 7.20. The normalized spacial score (nSPS) is 11.6. The summed E-state index contributed by atoms with van der Waals surface area (Å²) in [5, 5.41) is 3.86. The number of ether oxygens (including phenoxy) is 1. The molecule has 0 aliphatic rings. The van der Waals surface area contributed by atoms with Crippen LogP contribution in [-0.2, 0) is 12.7 Å². The molecule has 0 aliphatic heterocycles. The van der Waals surface area contributed by atoms with Gasteiger partial charge in [-0.15, -0.1) is 0 Å². The van der Waals surface area contributed by atoms with Gasteiger partial charge in [0.2, 0.25) is 0 Å². The maximum Gasteiger partial charge on any atom is 0.416 e. The maximum absolute atomic E-state index is 13.0. The van der Waals surface area contributed by atoms with Crippen molar-refractivity contribution < 1.29 is 17.9 Å². The number of hydrogen-bond donors (Lipinski definition) is 2. The second-order valence-corrected chi connectivity index (χ2v) is 6.27. The number of alkyl halides is 3. The van der Waals surface area contributed by atoms with Crippen LogP contribution in [0, 0.1) is 13.8 Å². The Kier molecular flexibility index (Phi) is 4.82. The molecule has 3 aromatic rings. The van der Waals surface area contributed by atoms with Crippen LogP contribution in [-0.4, -0.2) is 17.1 Å². The second kappa shape index (κ2) is 6.94. The van der Waals surface area contributed by atoms with Gasteiger partial charge in [0.25, 0.3) is 0 Å². The highest BCUT2D eigenvalue weighted by molar-refractivity contribution is 5.91. The molecule has 0 amide bonds. The molecule has 3 N–H and O–H groups in total. The molecule has 5 nitrogen and oxygen atoms in total. The highest BCUT2D eigenvalue weighted by Crippen LogP contribution is 2.32. The Bertz CT molecular complexity index is 1000. The Balaban J connectivity index is 1.96. The SMILES string of the molecule is COc1cc2nc(C)nc(NCc3cc(N)cc(C(F)(F)F)c3)c2cc1C. The number of aryl methyl sites for hydroxylation is 2. The number of halogens is 3. The predicted octanol–water partition coefficient (Wildman–Crippen LogP) is 4.47. The summed E-state index contributed by atoms with van der Waals surface area (Å²) >= 11 is 0. The van der Waals surface area contributed by atoms with Crippen molar-refractivity contribution in [3.05, 3.63) is 52.8 Å². The zero-order valence-electron chi connectivity index (χ0n) is 15.1. The fraction of sp³-hybridized carbons (Fsp3) is 0.263. The fourth-order valence-corrected chi connectivity index (χ4v) is 2.91. The van der Waals surface area contributed by atoms with E-state index in [0.29, 0.717) is 28.5 Å². The third-order valence-corrected chi connectivity index (χ3v) is 4.13. The van der Waals surface area contributed by atoms with E-state index in [1.807, 2.05) is 19.1 Å². The van der Waals surface area contributed by atoms with Crippen molar-refractivity contribution in [1.29, 1.82) is 0 Å². The summed E-state index contributed by atoms with van der Waals surface area (Å²) in [6.45, 7) is 3.79. The Labute approximate surface area is 154 Å². The highest BCUT2D eigenvalue weighted by Gasteiger charge is 2.31. The summed E-state index contributed by atoms with van der Waals surface area (Å²) < 4.78 is 44.3. The van der Waals surface area contributed by atoms with Crippen molar-refractivity contribution in [3.8, 4) is 5.75 Å². The lowest BCUT2D eigenvalue weighted by atomic mass is 10.1. The number of fused-ring (bicyclic) bond motifs is 1. The second-order valence-electron chi connectivity index (χ2n) is 6.27. The van der Waals surface area contributed by atoms with E-state index in [2.05, 4.69) is 15.3 Å². The lowest BCUT2D eigenvalue weighted by Gasteiger charge is -2.14. The summed E-state index contributed by atoms with van der Waals surface area (Å²) in [4.78, 5) is 8.79. The minimum Gasteiger partial charge on any atom is -0.496 e. The van der Waals surface area contributed by atoms with Gasteiger partial charge in [0.1, 0.15) is 17.4 Å². The van der Waals surface area contributed by atoms with Crippen LogP contribution < -0.4 is 15.8 Å². The van der Waals surface area contributed by atoms with Gasteiger partial charge in [-0.2, -0.15) is 13.2 Å². The molecule has 142 valence electrons. The van der Waals surface area contributed by atoms with Crippen molar-refractivity contribution in [2.75, 3.05) is 18.2 Å². The van der Waals surface area contributed by atoms with Gasteiger partial charge in [-0.1, -0.05) is 0 Å². The molecule has 0 unspecified atom stereocenters. The van der Waals surface area contributed by atoms with E-state index in [1.54, 1.807) is 14.0 Å². The number of anilines is 2. The van der Waals surface area contributed by atoms with Gasteiger partial charge in [0.05, 0.1) is 18.2 Å². The first-order chi connectivity index (χ1) is 12.7. The molecule has 1 aromatic heterocycles. The molecule has 0 saturated heterocycles. The molecule has 0 fully saturated rings. The largest absolute Gasteiger partial charge is 0.496 e. The van der Waals surface area contributed by atoms with Gasteiger partial charge in [0.15, 0.2) is 0 Å². The van der Waals surface area contributed by atoms with Crippen LogP contribution in [0.3, 0.4) is 0 Å². The molecule has 0 radical (unpaired) electrons. The number of hydrogen-bond acceptors (Lipinski definition) is 5. The van der Waals surface area contributed by atoms with E-state index in [-0.39, 0.29) is 12.2 Å². The van der Waals surface area contributed by atoms with Crippen LogP contribution >= 0.6 is 0 Å². The van der Waals surface area contributed by atoms with Crippen LogP contribution in [0.5, 0.6) is 5.75 Å². The van der Waals surface area contributed by atoms with E-state index in [9.17, 15) is 13.2 Å². The number of nitrogens with one attached hydrogen (secondary N) is 1. The van der Waals surface area contributed by atoms with Gasteiger partial charge in [-0.05, 0) is 49.2 Å². The first kappa shape index (κ1) is 18.8. The Morgan fingerprint density at radius 1 is 1.07 bits per heavy atom. The van der Waals surface area contributed by atoms with Crippen LogP contribution in [0.25, 0.3) is 10.9 Å². The van der Waals surface area contributed by atoms with E-state index in [1.165, 1.54) is 6.07 Å². The Hall–Kier alpha value is -3.03. The number of methoxy groups -OCH3 is 1. The maximum atomic E-state index is 13.0. The molecule has 3 rings (SSSR count). The van der Waals surface area contributed by atoms with Crippen molar-refractivity contribution >= 4 is 22.4 Å². The fourth-order valence-electron chi connectivity index (χ4n) is 2.91. The summed E-state index contributed by atoms with van der Waals surface area (Å²) in [6.07, 6.45) is -4.45. The van der Waals surface area contributed by atoms with Crippen molar-refractivity contribution in [2.24, 2.45) is 0 Å². The molecule has 0 atom stereocenters. The Morgan fingerprint density at radius 2 is 1.81 bits per heavy atom. The van der Waals surface area contributed by atoms with Crippen molar-refractivity contribution in [1.82, 2.24) is 9.97 Å². The predicted molar refractivity (Wildman–Crippen MR) is 98.7 cm³/mol. The third-order valence-electron chi connectivity index (χ3n) is 4.13. The van der Waals surface area contributed by atoms with E-state index < -0.39 is 11.7 Å². The standard InChI is InChI=1S/C19H19F3N4O/c1-10-4-15-16(8-17(10)27-3)25-11(2)26-18(15)24-9-12-5-13(19(20,21)22)7-14(23)6-12/h4-8H,9,23H2,1-3H3,(H,24,25,26). The van der Waals surface area contributed by atoms with Gasteiger partial charge >= 0.3 is 6.18 Å². The van der Waals surface area contributed by atoms with Gasteiger partial charge < -0.3 is 15.8 Å². The lowest BCUT2D eigenvalue weighted by molar-refractivity contribution is -0.137. The molecule has 0 saturated carbocycles. The average molecular weight is 376 g/mol. The minimum absolute atomic E-state index is 0.0610. The van der Waals surface area contributed by atoms with Crippen LogP contribution in [0.2, 0.25) is 0 Å². The zero-order chi connectivity index (χ0) is 19.8. The summed E-state index contributed by atoms with van der Waals surface area (Å²) in [7, 11) is 1.58. The van der Waals surface area contributed by atoms with Gasteiger partial charge in [0, 0.05) is 23.7 Å². The molecular formula is C19H19F3N4O. The molecular weight excluding hydrogens is 357 g/mol. The first-order valence-electron chi connectivity index (χ1n) is 8.21. The molecule has 0 spiro atoms. The van der Waals surface area contributed by atoms with E-state index in [0.717, 1.165) is 23.1 Å². The third kappa shape index (κ3) is 4.05. The monoisotopic (exact) mass is 376 g/mol. The quantitative estimate of drug-likeness (QED) is 0.658. The van der Waals surface area contributed by atoms with Gasteiger partial charge in [-0.3, -0.25) is 0 Å². The number of nitrogens with two attached hydrogens (primary N) is 1. The van der Waals surface area contributed by atoms with Crippen molar-refractivity contribution in [3.63, 3.8) is 0 Å². The molecule has 0 aliphatic carbocycles. The van der Waals surface area contributed by atoms with Crippen LogP contribution in [0.15, 0.2) is 30.3 Å². The number of nitrogens with zero attached hydrogens (tertiary/aromatic N) is 2. The molecule has 0 bridgehead atoms. The summed E-state index contributed by atoms with van der Waals surface area (Å²) in [5.41, 5.74) is 6.92.